The number of carboxylic acids is 1. The Morgan fingerprint density at radius 1 is 1.43 bits per heavy atom. The fourth-order valence-corrected chi connectivity index (χ4v) is 2.71. The van der Waals surface area contributed by atoms with Gasteiger partial charge in [0.2, 0.25) is 0 Å². The SMILES string of the molecule is O=C(O)c1nnn(-c2cc(Cl)ccc2Cl)c1C1CCCO1. The summed E-state index contributed by atoms with van der Waals surface area (Å²) in [5, 5.41) is 17.8. The maximum atomic E-state index is 11.3. The molecule has 6 nitrogen and oxygen atoms in total. The zero-order valence-corrected chi connectivity index (χ0v) is 12.3. The van der Waals surface area contributed by atoms with E-state index in [0.29, 0.717) is 34.5 Å². The number of hydrogen-bond acceptors (Lipinski definition) is 4. The van der Waals surface area contributed by atoms with Gasteiger partial charge in [-0.1, -0.05) is 28.4 Å². The molecule has 1 atom stereocenters. The maximum absolute atomic E-state index is 11.3. The van der Waals surface area contributed by atoms with Crippen LogP contribution < -0.4 is 0 Å². The van der Waals surface area contributed by atoms with E-state index in [0.717, 1.165) is 6.42 Å². The first kappa shape index (κ1) is 14.3. The van der Waals surface area contributed by atoms with Crippen LogP contribution in [-0.2, 0) is 4.74 Å². The van der Waals surface area contributed by atoms with Gasteiger partial charge in [-0.05, 0) is 31.0 Å². The first-order chi connectivity index (χ1) is 10.1. The molecule has 1 aromatic heterocycles. The lowest BCUT2D eigenvalue weighted by Gasteiger charge is -2.13. The Kier molecular flexibility index (Phi) is 3.84. The standard InChI is InChI=1S/C13H11Cl2N3O3/c14-7-3-4-8(15)9(6-7)18-12(10-2-1-5-21-10)11(13(19)20)16-17-18/h3-4,6,10H,1-2,5H2,(H,19,20). The van der Waals surface area contributed by atoms with Crippen molar-refractivity contribution >= 4 is 29.2 Å². The number of aromatic carboxylic acids is 1. The molecule has 1 unspecified atom stereocenters. The Bertz CT molecular complexity index is 696. The number of carboxylic acid groups (broad SMARTS) is 1. The van der Waals surface area contributed by atoms with Crippen LogP contribution in [0.3, 0.4) is 0 Å². The van der Waals surface area contributed by atoms with E-state index in [4.69, 9.17) is 27.9 Å². The van der Waals surface area contributed by atoms with E-state index in [1.54, 1.807) is 18.2 Å². The van der Waals surface area contributed by atoms with Gasteiger partial charge in [0.1, 0.15) is 11.8 Å². The van der Waals surface area contributed by atoms with Crippen molar-refractivity contribution < 1.29 is 14.6 Å². The number of carbonyl (C=O) groups is 1. The average Bonchev–Trinajstić information content (AvgIpc) is 3.08. The Labute approximate surface area is 130 Å². The van der Waals surface area contributed by atoms with E-state index >= 15 is 0 Å². The molecule has 1 saturated heterocycles. The molecule has 0 amide bonds. The predicted molar refractivity (Wildman–Crippen MR) is 76.3 cm³/mol. The first-order valence-electron chi connectivity index (χ1n) is 6.34. The molecule has 1 aromatic carbocycles. The second kappa shape index (κ2) is 5.63. The second-order valence-corrected chi connectivity index (χ2v) is 5.48. The summed E-state index contributed by atoms with van der Waals surface area (Å²) in [6.45, 7) is 0.582. The van der Waals surface area contributed by atoms with E-state index < -0.39 is 5.97 Å². The topological polar surface area (TPSA) is 77.2 Å². The van der Waals surface area contributed by atoms with Gasteiger partial charge in [0.05, 0.1) is 10.7 Å². The summed E-state index contributed by atoms with van der Waals surface area (Å²) in [4.78, 5) is 11.3. The number of halogens is 2. The molecule has 0 radical (unpaired) electrons. The number of benzene rings is 1. The Morgan fingerprint density at radius 3 is 2.90 bits per heavy atom. The highest BCUT2D eigenvalue weighted by molar-refractivity contribution is 6.34. The van der Waals surface area contributed by atoms with Crippen molar-refractivity contribution in [2.75, 3.05) is 6.61 Å². The molecule has 2 heterocycles. The van der Waals surface area contributed by atoms with Crippen LogP contribution in [0.5, 0.6) is 0 Å². The van der Waals surface area contributed by atoms with Crippen LogP contribution in [0, 0.1) is 0 Å². The van der Waals surface area contributed by atoms with E-state index in [9.17, 15) is 9.90 Å². The van der Waals surface area contributed by atoms with E-state index in [2.05, 4.69) is 10.3 Å². The summed E-state index contributed by atoms with van der Waals surface area (Å²) in [5.41, 5.74) is 0.747. The number of nitrogens with zero attached hydrogens (tertiary/aromatic N) is 3. The average molecular weight is 328 g/mol. The fourth-order valence-electron chi connectivity index (χ4n) is 2.35. The molecule has 2 aromatic rings. The van der Waals surface area contributed by atoms with Gasteiger partial charge in [-0.15, -0.1) is 5.10 Å². The lowest BCUT2D eigenvalue weighted by atomic mass is 10.1. The van der Waals surface area contributed by atoms with Gasteiger partial charge in [-0.3, -0.25) is 0 Å². The Morgan fingerprint density at radius 2 is 2.24 bits per heavy atom. The second-order valence-electron chi connectivity index (χ2n) is 4.64. The van der Waals surface area contributed by atoms with Crippen molar-refractivity contribution in [2.24, 2.45) is 0 Å². The summed E-state index contributed by atoms with van der Waals surface area (Å²) < 4.78 is 6.98. The number of rotatable bonds is 3. The molecule has 1 fully saturated rings. The molecule has 21 heavy (non-hydrogen) atoms. The van der Waals surface area contributed by atoms with Crippen LogP contribution in [0.15, 0.2) is 18.2 Å². The molecule has 0 saturated carbocycles. The van der Waals surface area contributed by atoms with Crippen molar-refractivity contribution in [1.82, 2.24) is 15.0 Å². The van der Waals surface area contributed by atoms with Crippen LogP contribution >= 0.6 is 23.2 Å². The van der Waals surface area contributed by atoms with Crippen molar-refractivity contribution in [3.05, 3.63) is 39.6 Å². The normalized spacial score (nSPS) is 18.1. The van der Waals surface area contributed by atoms with Crippen LogP contribution in [-0.4, -0.2) is 32.7 Å². The Balaban J connectivity index is 2.18. The van der Waals surface area contributed by atoms with Gasteiger partial charge in [-0.25, -0.2) is 9.48 Å². The van der Waals surface area contributed by atoms with Gasteiger partial charge in [0, 0.05) is 11.6 Å². The van der Waals surface area contributed by atoms with Gasteiger partial charge in [0.15, 0.2) is 5.69 Å². The van der Waals surface area contributed by atoms with Gasteiger partial charge >= 0.3 is 5.97 Å². The minimum absolute atomic E-state index is 0.127. The highest BCUT2D eigenvalue weighted by Gasteiger charge is 2.30. The van der Waals surface area contributed by atoms with Crippen LogP contribution in [0.4, 0.5) is 0 Å². The summed E-state index contributed by atoms with van der Waals surface area (Å²) in [6.07, 6.45) is 1.21. The van der Waals surface area contributed by atoms with Crippen LogP contribution in [0.2, 0.25) is 10.0 Å². The van der Waals surface area contributed by atoms with E-state index in [1.807, 2.05) is 0 Å². The largest absolute Gasteiger partial charge is 0.476 e. The Hall–Kier alpha value is -1.63. The zero-order valence-electron chi connectivity index (χ0n) is 10.8. The molecule has 3 rings (SSSR count). The first-order valence-corrected chi connectivity index (χ1v) is 7.09. The summed E-state index contributed by atoms with van der Waals surface area (Å²) >= 11 is 12.1. The van der Waals surface area contributed by atoms with Gasteiger partial charge in [-0.2, -0.15) is 0 Å². The number of aromatic nitrogens is 3. The molecule has 8 heteroatoms. The molecule has 1 aliphatic rings. The van der Waals surface area contributed by atoms with Gasteiger partial charge in [0.25, 0.3) is 0 Å². The predicted octanol–water partition coefficient (Wildman–Crippen LogP) is 3.12. The van der Waals surface area contributed by atoms with E-state index in [1.165, 1.54) is 4.68 Å². The zero-order chi connectivity index (χ0) is 15.0. The van der Waals surface area contributed by atoms with Crippen molar-refractivity contribution in [3.8, 4) is 5.69 Å². The lowest BCUT2D eigenvalue weighted by molar-refractivity contribution is 0.0673. The monoisotopic (exact) mass is 327 g/mol. The minimum atomic E-state index is -1.15. The van der Waals surface area contributed by atoms with Crippen molar-refractivity contribution in [3.63, 3.8) is 0 Å². The molecule has 0 spiro atoms. The molecule has 0 bridgehead atoms. The summed E-state index contributed by atoms with van der Waals surface area (Å²) in [7, 11) is 0. The third kappa shape index (κ3) is 2.62. The van der Waals surface area contributed by atoms with Crippen molar-refractivity contribution in [2.45, 2.75) is 18.9 Å². The quantitative estimate of drug-likeness (QED) is 0.937. The van der Waals surface area contributed by atoms with Crippen LogP contribution in [0.25, 0.3) is 5.69 Å². The van der Waals surface area contributed by atoms with Crippen molar-refractivity contribution in [1.29, 1.82) is 0 Å². The van der Waals surface area contributed by atoms with Gasteiger partial charge < -0.3 is 9.84 Å². The molecule has 1 N–H and O–H groups in total. The molecular weight excluding hydrogens is 317 g/mol. The smallest absolute Gasteiger partial charge is 0.358 e. The number of hydrogen-bond donors (Lipinski definition) is 1. The maximum Gasteiger partial charge on any atom is 0.358 e. The molecule has 0 aliphatic carbocycles. The third-order valence-corrected chi connectivity index (χ3v) is 3.83. The minimum Gasteiger partial charge on any atom is -0.476 e. The lowest BCUT2D eigenvalue weighted by Crippen LogP contribution is -2.11. The highest BCUT2D eigenvalue weighted by atomic mass is 35.5. The highest BCUT2D eigenvalue weighted by Crippen LogP contribution is 2.33. The van der Waals surface area contributed by atoms with Crippen LogP contribution in [0.1, 0.15) is 35.1 Å². The molecule has 110 valence electrons. The summed E-state index contributed by atoms with van der Waals surface area (Å²) in [6, 6.07) is 4.89. The number of ether oxygens (including phenoxy) is 1. The fraction of sp³-hybridized carbons (Fsp3) is 0.308. The molecule has 1 aliphatic heterocycles. The van der Waals surface area contributed by atoms with E-state index in [-0.39, 0.29) is 11.8 Å². The third-order valence-electron chi connectivity index (χ3n) is 3.28. The molecular formula is C13H11Cl2N3O3. The summed E-state index contributed by atoms with van der Waals surface area (Å²) in [5.74, 6) is -1.15.